The Morgan fingerprint density at radius 1 is 1.19 bits per heavy atom. The Bertz CT molecular complexity index is 488. The smallest absolute Gasteiger partial charge is 0.238 e. The number of amides is 2. The predicted octanol–water partition coefficient (Wildman–Crippen LogP) is 0.175. The average molecular weight is 292 g/mol. The second kappa shape index (κ2) is 8.39. The fourth-order valence-electron chi connectivity index (χ4n) is 2.07. The van der Waals surface area contributed by atoms with Crippen LogP contribution in [-0.2, 0) is 22.6 Å². The van der Waals surface area contributed by atoms with Gasteiger partial charge in [-0.25, -0.2) is 5.84 Å². The van der Waals surface area contributed by atoms with Crippen LogP contribution in [0.1, 0.15) is 25.0 Å². The van der Waals surface area contributed by atoms with Gasteiger partial charge < -0.3 is 5.32 Å². The summed E-state index contributed by atoms with van der Waals surface area (Å²) in [6, 6.07) is 7.78. The maximum Gasteiger partial charge on any atom is 0.238 e. The van der Waals surface area contributed by atoms with E-state index in [1.165, 1.54) is 0 Å². The lowest BCUT2D eigenvalue weighted by molar-refractivity contribution is -0.122. The fraction of sp³-hybridized carbons (Fsp3) is 0.467. The summed E-state index contributed by atoms with van der Waals surface area (Å²) in [6.07, 6.45) is 0.235. The molecule has 0 radical (unpaired) electrons. The van der Waals surface area contributed by atoms with Crippen molar-refractivity contribution in [3.63, 3.8) is 0 Å². The first-order valence-electron chi connectivity index (χ1n) is 6.96. The number of nitrogens with one attached hydrogen (secondary N) is 2. The normalized spacial score (nSPS) is 10.8. The van der Waals surface area contributed by atoms with Crippen LogP contribution < -0.4 is 16.6 Å². The van der Waals surface area contributed by atoms with Gasteiger partial charge in [0.15, 0.2) is 0 Å². The van der Waals surface area contributed by atoms with Crippen molar-refractivity contribution in [2.45, 2.75) is 32.9 Å². The molecule has 0 fully saturated rings. The molecule has 0 unspecified atom stereocenters. The molecule has 0 aliphatic heterocycles. The minimum atomic E-state index is -0.234. The number of hydrogen-bond donors (Lipinski definition) is 3. The van der Waals surface area contributed by atoms with Crippen LogP contribution >= 0.6 is 0 Å². The lowest BCUT2D eigenvalue weighted by atomic mass is 10.0. The number of rotatable bonds is 7. The van der Waals surface area contributed by atoms with Crippen LogP contribution in [0.3, 0.4) is 0 Å². The molecule has 0 spiro atoms. The van der Waals surface area contributed by atoms with Crippen molar-refractivity contribution < 1.29 is 9.59 Å². The van der Waals surface area contributed by atoms with Crippen LogP contribution in [-0.4, -0.2) is 36.3 Å². The molecule has 0 saturated heterocycles. The van der Waals surface area contributed by atoms with E-state index in [9.17, 15) is 9.59 Å². The summed E-state index contributed by atoms with van der Waals surface area (Å²) in [4.78, 5) is 25.0. The van der Waals surface area contributed by atoms with Gasteiger partial charge in [-0.15, -0.1) is 0 Å². The van der Waals surface area contributed by atoms with Gasteiger partial charge in [0.1, 0.15) is 0 Å². The minimum Gasteiger partial charge on any atom is -0.353 e. The highest BCUT2D eigenvalue weighted by Crippen LogP contribution is 2.11. The zero-order valence-electron chi connectivity index (χ0n) is 12.8. The van der Waals surface area contributed by atoms with E-state index in [-0.39, 0.29) is 24.3 Å². The van der Waals surface area contributed by atoms with Crippen molar-refractivity contribution in [3.05, 3.63) is 35.4 Å². The Morgan fingerprint density at radius 3 is 2.38 bits per heavy atom. The molecule has 6 heteroatoms. The van der Waals surface area contributed by atoms with Crippen molar-refractivity contribution >= 4 is 11.8 Å². The molecule has 21 heavy (non-hydrogen) atoms. The number of hydrazine groups is 1. The van der Waals surface area contributed by atoms with E-state index < -0.39 is 0 Å². The van der Waals surface area contributed by atoms with E-state index in [0.29, 0.717) is 13.1 Å². The molecular formula is C15H24N4O2. The molecule has 0 atom stereocenters. The van der Waals surface area contributed by atoms with Crippen LogP contribution in [0.2, 0.25) is 0 Å². The van der Waals surface area contributed by atoms with Gasteiger partial charge in [0, 0.05) is 12.6 Å². The van der Waals surface area contributed by atoms with Gasteiger partial charge in [-0.1, -0.05) is 24.3 Å². The molecule has 0 aromatic heterocycles. The minimum absolute atomic E-state index is 0.00955. The molecule has 0 heterocycles. The first kappa shape index (κ1) is 17.1. The van der Waals surface area contributed by atoms with E-state index in [4.69, 9.17) is 5.84 Å². The highest BCUT2D eigenvalue weighted by Gasteiger charge is 2.11. The van der Waals surface area contributed by atoms with Crippen molar-refractivity contribution in [1.82, 2.24) is 15.6 Å². The van der Waals surface area contributed by atoms with Gasteiger partial charge in [-0.05, 0) is 32.0 Å². The van der Waals surface area contributed by atoms with Crippen molar-refractivity contribution in [2.75, 3.05) is 13.6 Å². The molecule has 0 aliphatic carbocycles. The summed E-state index contributed by atoms with van der Waals surface area (Å²) in [6.45, 7) is 4.77. The summed E-state index contributed by atoms with van der Waals surface area (Å²) in [7, 11) is 1.87. The average Bonchev–Trinajstić information content (AvgIpc) is 2.39. The number of nitrogens with zero attached hydrogens (tertiary/aromatic N) is 1. The molecule has 1 aromatic carbocycles. The zero-order chi connectivity index (χ0) is 15.8. The van der Waals surface area contributed by atoms with E-state index in [2.05, 4.69) is 10.7 Å². The first-order chi connectivity index (χ1) is 9.92. The monoisotopic (exact) mass is 292 g/mol. The lowest BCUT2D eigenvalue weighted by Crippen LogP contribution is -2.38. The highest BCUT2D eigenvalue weighted by atomic mass is 16.2. The third kappa shape index (κ3) is 6.37. The number of nitrogens with two attached hydrogens (primary N) is 1. The van der Waals surface area contributed by atoms with Crippen LogP contribution in [0.25, 0.3) is 0 Å². The Hall–Kier alpha value is -1.92. The quantitative estimate of drug-likeness (QED) is 0.380. The van der Waals surface area contributed by atoms with Crippen LogP contribution in [0.4, 0.5) is 0 Å². The first-order valence-corrected chi connectivity index (χ1v) is 6.96. The number of benzene rings is 1. The van der Waals surface area contributed by atoms with Crippen LogP contribution in [0, 0.1) is 0 Å². The summed E-state index contributed by atoms with van der Waals surface area (Å²) < 4.78 is 0. The predicted molar refractivity (Wildman–Crippen MR) is 82.1 cm³/mol. The van der Waals surface area contributed by atoms with E-state index in [1.807, 2.05) is 50.1 Å². The maximum atomic E-state index is 11.7. The van der Waals surface area contributed by atoms with Crippen LogP contribution in [0.15, 0.2) is 24.3 Å². The highest BCUT2D eigenvalue weighted by molar-refractivity contribution is 5.79. The number of hydrogen-bond acceptors (Lipinski definition) is 4. The summed E-state index contributed by atoms with van der Waals surface area (Å²) >= 11 is 0. The molecule has 4 N–H and O–H groups in total. The van der Waals surface area contributed by atoms with Crippen molar-refractivity contribution in [3.8, 4) is 0 Å². The topological polar surface area (TPSA) is 87.5 Å². The molecule has 6 nitrogen and oxygen atoms in total. The Morgan fingerprint density at radius 2 is 1.81 bits per heavy atom. The van der Waals surface area contributed by atoms with E-state index in [1.54, 1.807) is 0 Å². The molecule has 1 rings (SSSR count). The molecule has 0 aliphatic rings. The van der Waals surface area contributed by atoms with Crippen molar-refractivity contribution in [2.24, 2.45) is 5.84 Å². The molecule has 0 saturated carbocycles. The van der Waals surface area contributed by atoms with Gasteiger partial charge in [-0.3, -0.25) is 19.9 Å². The Kier molecular flexibility index (Phi) is 6.84. The van der Waals surface area contributed by atoms with Gasteiger partial charge in [0.05, 0.1) is 13.0 Å². The van der Waals surface area contributed by atoms with Crippen LogP contribution in [0.5, 0.6) is 0 Å². The number of likely N-dealkylation sites (N-methyl/N-ethyl adjacent to an activating group) is 1. The lowest BCUT2D eigenvalue weighted by Gasteiger charge is -2.19. The van der Waals surface area contributed by atoms with Crippen molar-refractivity contribution in [1.29, 1.82) is 0 Å². The van der Waals surface area contributed by atoms with E-state index in [0.717, 1.165) is 11.1 Å². The van der Waals surface area contributed by atoms with Gasteiger partial charge >= 0.3 is 0 Å². The largest absolute Gasteiger partial charge is 0.353 e. The number of carbonyl (C=O) groups is 2. The zero-order valence-corrected chi connectivity index (χ0v) is 12.8. The number of carbonyl (C=O) groups excluding carboxylic acids is 2. The Balaban J connectivity index is 2.65. The maximum absolute atomic E-state index is 11.7. The standard InChI is InChI=1S/C15H24N4O2/c1-11(2)17-15(21)10-19(3)9-13-7-5-4-6-12(13)8-14(20)18-16/h4-7,11H,8-10,16H2,1-3H3,(H,17,21)(H,18,20). The molecule has 1 aromatic rings. The third-order valence-corrected chi connectivity index (χ3v) is 2.93. The molecule has 2 amide bonds. The Labute approximate surface area is 125 Å². The van der Waals surface area contributed by atoms with Gasteiger partial charge in [0.2, 0.25) is 11.8 Å². The molecule has 116 valence electrons. The summed E-state index contributed by atoms with van der Waals surface area (Å²) in [5, 5.41) is 2.85. The summed E-state index contributed by atoms with van der Waals surface area (Å²) in [5.41, 5.74) is 4.06. The SMILES string of the molecule is CC(C)NC(=O)CN(C)Cc1ccccc1CC(=O)NN. The fourth-order valence-corrected chi connectivity index (χ4v) is 2.07. The second-order valence-electron chi connectivity index (χ2n) is 5.41. The molecular weight excluding hydrogens is 268 g/mol. The third-order valence-electron chi connectivity index (χ3n) is 2.93. The second-order valence-corrected chi connectivity index (χ2v) is 5.41. The summed E-state index contributed by atoms with van der Waals surface area (Å²) in [5.74, 6) is 4.88. The van der Waals surface area contributed by atoms with Gasteiger partial charge in [0.25, 0.3) is 0 Å². The van der Waals surface area contributed by atoms with E-state index >= 15 is 0 Å². The van der Waals surface area contributed by atoms with Gasteiger partial charge in [-0.2, -0.15) is 0 Å². The molecule has 0 bridgehead atoms.